The second kappa shape index (κ2) is 9.00. The van der Waals surface area contributed by atoms with Gasteiger partial charge < -0.3 is 16.0 Å². The fourth-order valence-electron chi connectivity index (χ4n) is 5.33. The third-order valence-corrected chi connectivity index (χ3v) is 7.00. The number of halogens is 1. The molecule has 3 aromatic rings. The SMILES string of the molecule is N#Cc1ccc2c(c1)c(C(N)=O)nn2CC(=O)N1[C@H](C(=O)Nc2cccc(Cl)n2)C[C@@H]2CCC[C@@H]21. The van der Waals surface area contributed by atoms with E-state index in [4.69, 9.17) is 17.3 Å². The molecule has 3 amide bonds. The first-order valence-electron chi connectivity index (χ1n) is 11.3. The van der Waals surface area contributed by atoms with Crippen molar-refractivity contribution in [1.29, 1.82) is 5.26 Å². The third kappa shape index (κ3) is 4.19. The van der Waals surface area contributed by atoms with Crippen molar-refractivity contribution in [2.24, 2.45) is 11.7 Å². The van der Waals surface area contributed by atoms with Crippen molar-refractivity contribution in [1.82, 2.24) is 19.7 Å². The van der Waals surface area contributed by atoms with E-state index in [1.54, 1.807) is 35.2 Å². The summed E-state index contributed by atoms with van der Waals surface area (Å²) in [5, 5.41) is 16.9. The minimum atomic E-state index is -0.750. The Hall–Kier alpha value is -3.97. The highest BCUT2D eigenvalue weighted by Gasteiger charge is 2.48. The molecule has 3 atom stereocenters. The van der Waals surface area contributed by atoms with E-state index in [9.17, 15) is 19.6 Å². The van der Waals surface area contributed by atoms with Crippen LogP contribution in [0.4, 0.5) is 5.82 Å². The number of nitrogens with two attached hydrogens (primary N) is 1. The van der Waals surface area contributed by atoms with Gasteiger partial charge in [0.15, 0.2) is 5.69 Å². The van der Waals surface area contributed by atoms with Crippen LogP contribution in [0, 0.1) is 17.2 Å². The zero-order valence-corrected chi connectivity index (χ0v) is 19.4. The number of carbonyl (C=O) groups is 3. The van der Waals surface area contributed by atoms with Gasteiger partial charge in [-0.05, 0) is 55.5 Å². The summed E-state index contributed by atoms with van der Waals surface area (Å²) in [5.74, 6) is -0.771. The van der Waals surface area contributed by atoms with E-state index in [1.807, 2.05) is 6.07 Å². The van der Waals surface area contributed by atoms with Gasteiger partial charge in [0.05, 0.1) is 17.1 Å². The van der Waals surface area contributed by atoms with E-state index in [0.717, 1.165) is 19.3 Å². The zero-order valence-electron chi connectivity index (χ0n) is 18.6. The second-order valence-electron chi connectivity index (χ2n) is 8.86. The molecule has 1 aromatic carbocycles. The van der Waals surface area contributed by atoms with Crippen molar-refractivity contribution in [3.8, 4) is 6.07 Å². The van der Waals surface area contributed by atoms with Crippen LogP contribution in [0.1, 0.15) is 41.7 Å². The summed E-state index contributed by atoms with van der Waals surface area (Å²) in [6.07, 6.45) is 3.35. The molecule has 1 aliphatic heterocycles. The molecule has 0 bridgehead atoms. The first-order chi connectivity index (χ1) is 16.9. The Morgan fingerprint density at radius 1 is 1.23 bits per heavy atom. The molecular formula is C24H22ClN7O3. The molecule has 35 heavy (non-hydrogen) atoms. The molecule has 178 valence electrons. The van der Waals surface area contributed by atoms with Crippen molar-refractivity contribution in [2.75, 3.05) is 5.32 Å². The number of aromatic nitrogens is 3. The summed E-state index contributed by atoms with van der Waals surface area (Å²) in [4.78, 5) is 44.5. The quantitative estimate of drug-likeness (QED) is 0.524. The number of anilines is 1. The molecule has 1 saturated carbocycles. The topological polar surface area (TPSA) is 147 Å². The number of benzene rings is 1. The average Bonchev–Trinajstić information content (AvgIpc) is 3.51. The molecule has 1 saturated heterocycles. The van der Waals surface area contributed by atoms with Crippen LogP contribution in [0.3, 0.4) is 0 Å². The maximum Gasteiger partial charge on any atom is 0.269 e. The van der Waals surface area contributed by atoms with Gasteiger partial charge in [-0.3, -0.25) is 19.1 Å². The second-order valence-corrected chi connectivity index (χ2v) is 9.25. The Kier molecular flexibility index (Phi) is 5.86. The third-order valence-electron chi connectivity index (χ3n) is 6.79. The summed E-state index contributed by atoms with van der Waals surface area (Å²) in [6.45, 7) is -0.169. The molecule has 2 fully saturated rings. The Labute approximate surface area is 205 Å². The van der Waals surface area contributed by atoms with Crippen LogP contribution in [0.5, 0.6) is 0 Å². The van der Waals surface area contributed by atoms with Crippen LogP contribution in [0.15, 0.2) is 36.4 Å². The molecule has 2 aromatic heterocycles. The van der Waals surface area contributed by atoms with Crippen molar-refractivity contribution in [2.45, 2.75) is 44.3 Å². The number of hydrogen-bond acceptors (Lipinski definition) is 6. The average molecular weight is 492 g/mol. The van der Waals surface area contributed by atoms with Crippen LogP contribution in [0.25, 0.3) is 10.9 Å². The van der Waals surface area contributed by atoms with Crippen molar-refractivity contribution in [3.63, 3.8) is 0 Å². The van der Waals surface area contributed by atoms with Crippen LogP contribution >= 0.6 is 11.6 Å². The summed E-state index contributed by atoms with van der Waals surface area (Å²) in [6, 6.07) is 11.0. The summed E-state index contributed by atoms with van der Waals surface area (Å²) >= 11 is 5.94. The molecule has 3 N–H and O–H groups in total. The highest BCUT2D eigenvalue weighted by Crippen LogP contribution is 2.41. The lowest BCUT2D eigenvalue weighted by molar-refractivity contribution is -0.139. The Morgan fingerprint density at radius 2 is 2.06 bits per heavy atom. The lowest BCUT2D eigenvalue weighted by Gasteiger charge is -2.29. The van der Waals surface area contributed by atoms with Crippen molar-refractivity contribution in [3.05, 3.63) is 52.8 Å². The maximum absolute atomic E-state index is 13.6. The molecule has 1 aliphatic carbocycles. The number of pyridine rings is 1. The minimum Gasteiger partial charge on any atom is -0.364 e. The maximum atomic E-state index is 13.6. The minimum absolute atomic E-state index is 0.00797. The van der Waals surface area contributed by atoms with E-state index in [-0.39, 0.29) is 41.2 Å². The van der Waals surface area contributed by atoms with Crippen LogP contribution in [-0.4, -0.2) is 49.5 Å². The van der Waals surface area contributed by atoms with Gasteiger partial charge in [-0.15, -0.1) is 0 Å². The Morgan fingerprint density at radius 3 is 2.80 bits per heavy atom. The van der Waals surface area contributed by atoms with Crippen LogP contribution in [-0.2, 0) is 16.1 Å². The first kappa shape index (κ1) is 22.8. The molecule has 5 rings (SSSR count). The van der Waals surface area contributed by atoms with Gasteiger partial charge in [0.25, 0.3) is 5.91 Å². The van der Waals surface area contributed by atoms with Crippen LogP contribution < -0.4 is 11.1 Å². The lowest BCUT2D eigenvalue weighted by Crippen LogP contribution is -2.48. The van der Waals surface area contributed by atoms with Gasteiger partial charge in [0.2, 0.25) is 11.8 Å². The Bertz CT molecular complexity index is 1400. The van der Waals surface area contributed by atoms with Gasteiger partial charge in [-0.25, -0.2) is 4.98 Å². The van der Waals surface area contributed by atoms with Crippen LogP contribution in [0.2, 0.25) is 5.15 Å². The molecule has 2 aliphatic rings. The summed E-state index contributed by atoms with van der Waals surface area (Å²) in [7, 11) is 0. The number of amides is 3. The number of nitriles is 1. The van der Waals surface area contributed by atoms with Crippen molar-refractivity contribution >= 4 is 46.0 Å². The normalized spacial score (nSPS) is 21.0. The van der Waals surface area contributed by atoms with Gasteiger partial charge >= 0.3 is 0 Å². The predicted molar refractivity (Wildman–Crippen MR) is 127 cm³/mol. The van der Waals surface area contributed by atoms with Gasteiger partial charge in [0, 0.05) is 11.4 Å². The highest BCUT2D eigenvalue weighted by atomic mass is 35.5. The van der Waals surface area contributed by atoms with E-state index in [1.165, 1.54) is 10.7 Å². The number of nitrogens with zero attached hydrogens (tertiary/aromatic N) is 5. The van der Waals surface area contributed by atoms with E-state index < -0.39 is 11.9 Å². The number of primary amides is 1. The molecule has 0 unspecified atom stereocenters. The number of hydrogen-bond donors (Lipinski definition) is 2. The number of fused-ring (bicyclic) bond motifs is 2. The first-order valence-corrected chi connectivity index (χ1v) is 11.7. The molecule has 0 radical (unpaired) electrons. The summed E-state index contributed by atoms with van der Waals surface area (Å²) in [5.41, 5.74) is 6.35. The van der Waals surface area contributed by atoms with Gasteiger partial charge in [-0.1, -0.05) is 24.1 Å². The van der Waals surface area contributed by atoms with Gasteiger partial charge in [-0.2, -0.15) is 10.4 Å². The molecule has 0 spiro atoms. The fraction of sp³-hybridized carbons (Fsp3) is 0.333. The molecular weight excluding hydrogens is 470 g/mol. The number of likely N-dealkylation sites (tertiary alicyclic amines) is 1. The zero-order chi connectivity index (χ0) is 24.7. The molecule has 3 heterocycles. The predicted octanol–water partition coefficient (Wildman–Crippen LogP) is 2.46. The largest absolute Gasteiger partial charge is 0.364 e. The highest BCUT2D eigenvalue weighted by molar-refractivity contribution is 6.29. The smallest absolute Gasteiger partial charge is 0.269 e. The van der Waals surface area contributed by atoms with Crippen molar-refractivity contribution < 1.29 is 14.4 Å². The molecule has 10 nitrogen and oxygen atoms in total. The fourth-order valence-corrected chi connectivity index (χ4v) is 5.49. The van der Waals surface area contributed by atoms with E-state index in [2.05, 4.69) is 15.4 Å². The lowest BCUT2D eigenvalue weighted by atomic mass is 10.0. The Balaban J connectivity index is 1.44. The molecule has 11 heteroatoms. The monoisotopic (exact) mass is 491 g/mol. The number of rotatable bonds is 5. The number of nitrogens with one attached hydrogen (secondary N) is 1. The summed E-state index contributed by atoms with van der Waals surface area (Å²) < 4.78 is 1.41. The van der Waals surface area contributed by atoms with Gasteiger partial charge in [0.1, 0.15) is 23.6 Å². The van der Waals surface area contributed by atoms with E-state index in [0.29, 0.717) is 28.7 Å². The van der Waals surface area contributed by atoms with E-state index >= 15 is 0 Å². The number of carbonyl (C=O) groups excluding carboxylic acids is 3. The standard InChI is InChI=1S/C24H22ClN7O3/c25-19-5-2-6-20(28-19)29-24(35)18-10-14-3-1-4-16(14)32(18)21(33)12-31-17-8-7-13(11-26)9-15(17)22(30-31)23(27)34/h2,5-9,14,16,18H,1,3-4,10,12H2,(H2,27,34)(H,28,29,35)/t14-,16-,18-/m0/s1.